The van der Waals surface area contributed by atoms with E-state index in [0.29, 0.717) is 19.8 Å². The van der Waals surface area contributed by atoms with Gasteiger partial charge in [-0.15, -0.1) is 0 Å². The monoisotopic (exact) mass is 245 g/mol. The number of unbranched alkanes of at least 4 members (excludes halogenated alkanes) is 5. The van der Waals surface area contributed by atoms with Gasteiger partial charge in [-0.25, -0.2) is 0 Å². The highest BCUT2D eigenvalue weighted by Gasteiger charge is 1.93. The van der Waals surface area contributed by atoms with Gasteiger partial charge in [0.1, 0.15) is 6.61 Å². The first-order valence-electron chi connectivity index (χ1n) is 7.00. The number of hydrogen-bond acceptors (Lipinski definition) is 3. The molecule has 0 aromatic rings. The Morgan fingerprint density at radius 2 is 1.47 bits per heavy atom. The van der Waals surface area contributed by atoms with Gasteiger partial charge in [0, 0.05) is 13.2 Å². The largest absolute Gasteiger partial charge is 0.379 e. The van der Waals surface area contributed by atoms with Crippen LogP contribution in [0.2, 0.25) is 0 Å². The van der Waals surface area contributed by atoms with Crippen LogP contribution < -0.4 is 0 Å². The highest BCUT2D eigenvalue weighted by molar-refractivity contribution is 4.49. The molecule has 0 aromatic carbocycles. The van der Waals surface area contributed by atoms with Gasteiger partial charge >= 0.3 is 0 Å². The summed E-state index contributed by atoms with van der Waals surface area (Å²) >= 11 is 0. The highest BCUT2D eigenvalue weighted by Crippen LogP contribution is 2.05. The molecule has 0 saturated carbocycles. The van der Waals surface area contributed by atoms with E-state index in [4.69, 9.17) is 14.2 Å². The quantitative estimate of drug-likeness (QED) is 0.438. The fourth-order valence-corrected chi connectivity index (χ4v) is 1.49. The lowest BCUT2D eigenvalue weighted by Gasteiger charge is -2.05. The van der Waals surface area contributed by atoms with Crippen molar-refractivity contribution in [2.45, 2.75) is 52.4 Å². The first-order valence-corrected chi connectivity index (χ1v) is 7.00. The van der Waals surface area contributed by atoms with E-state index in [9.17, 15) is 0 Å². The van der Waals surface area contributed by atoms with Crippen molar-refractivity contribution in [3.8, 4) is 0 Å². The number of hydrogen-bond donors (Lipinski definition) is 0. The van der Waals surface area contributed by atoms with Gasteiger partial charge in [-0.1, -0.05) is 39.0 Å². The zero-order valence-corrected chi connectivity index (χ0v) is 11.6. The molecule has 17 heavy (non-hydrogen) atoms. The summed E-state index contributed by atoms with van der Waals surface area (Å²) < 4.78 is 15.8. The molecule has 0 atom stereocenters. The predicted octanol–water partition coefficient (Wildman–Crippen LogP) is 3.58. The molecular weight excluding hydrogens is 216 g/mol. The van der Waals surface area contributed by atoms with E-state index in [2.05, 4.69) is 6.92 Å². The lowest BCUT2D eigenvalue weighted by molar-refractivity contribution is 0.0398. The maximum Gasteiger partial charge on any atom is 0.109 e. The van der Waals surface area contributed by atoms with Crippen molar-refractivity contribution < 1.29 is 14.2 Å². The van der Waals surface area contributed by atoms with Crippen LogP contribution in [0.3, 0.4) is 0 Å². The molecule has 0 spiro atoms. The summed E-state index contributed by atoms with van der Waals surface area (Å²) in [4.78, 5) is 0. The molecule has 0 bridgehead atoms. The molecule has 3 heteroatoms. The lowest BCUT2D eigenvalue weighted by atomic mass is 10.1. The van der Waals surface area contributed by atoms with E-state index in [1.54, 1.807) is 6.61 Å². The Labute approximate surface area is 107 Å². The van der Waals surface area contributed by atoms with Crippen molar-refractivity contribution in [1.82, 2.24) is 0 Å². The fraction of sp³-hybridized carbons (Fsp3) is 0.929. The van der Waals surface area contributed by atoms with Crippen LogP contribution in [0.5, 0.6) is 0 Å². The first kappa shape index (κ1) is 16.9. The SMILES string of the molecule is CCCCCCCCO[CH]COCCOCC. The van der Waals surface area contributed by atoms with Gasteiger partial charge in [0.05, 0.1) is 19.8 Å². The Hall–Kier alpha value is -0.120. The van der Waals surface area contributed by atoms with Crippen LogP contribution in [0, 0.1) is 6.61 Å². The van der Waals surface area contributed by atoms with E-state index < -0.39 is 0 Å². The molecule has 0 aliphatic rings. The van der Waals surface area contributed by atoms with Gasteiger partial charge in [0.2, 0.25) is 0 Å². The van der Waals surface area contributed by atoms with Crippen molar-refractivity contribution in [2.75, 3.05) is 33.0 Å². The molecule has 0 fully saturated rings. The average Bonchev–Trinajstić information content (AvgIpc) is 2.35. The standard InChI is InChI=1S/C14H29O3/c1-3-5-6-7-8-9-10-16-13-14-17-12-11-15-4-2/h13H,3-12,14H2,1-2H3. The van der Waals surface area contributed by atoms with Crippen molar-refractivity contribution in [1.29, 1.82) is 0 Å². The topological polar surface area (TPSA) is 27.7 Å². The molecule has 0 saturated heterocycles. The Kier molecular flexibility index (Phi) is 15.8. The van der Waals surface area contributed by atoms with Crippen molar-refractivity contribution in [3.63, 3.8) is 0 Å². The fourth-order valence-electron chi connectivity index (χ4n) is 1.49. The Balaban J connectivity index is 2.85. The summed E-state index contributed by atoms with van der Waals surface area (Å²) in [5.74, 6) is 0. The maximum atomic E-state index is 5.36. The zero-order chi connectivity index (χ0) is 12.6. The summed E-state index contributed by atoms with van der Waals surface area (Å²) in [6.45, 7) is 9.41. The van der Waals surface area contributed by atoms with Crippen LogP contribution in [-0.2, 0) is 14.2 Å². The van der Waals surface area contributed by atoms with Crippen LogP contribution in [-0.4, -0.2) is 33.0 Å². The molecule has 0 heterocycles. The summed E-state index contributed by atoms with van der Waals surface area (Å²) in [5, 5.41) is 0. The minimum Gasteiger partial charge on any atom is -0.379 e. The third-order valence-electron chi connectivity index (χ3n) is 2.50. The summed E-state index contributed by atoms with van der Waals surface area (Å²) in [6.07, 6.45) is 7.80. The second-order valence-corrected chi connectivity index (χ2v) is 4.08. The van der Waals surface area contributed by atoms with E-state index >= 15 is 0 Å². The zero-order valence-electron chi connectivity index (χ0n) is 11.6. The van der Waals surface area contributed by atoms with Crippen molar-refractivity contribution in [2.24, 2.45) is 0 Å². The van der Waals surface area contributed by atoms with Crippen LogP contribution in [0.1, 0.15) is 52.4 Å². The summed E-state index contributed by atoms with van der Waals surface area (Å²) in [7, 11) is 0. The molecule has 0 N–H and O–H groups in total. The minimum atomic E-state index is 0.558. The summed E-state index contributed by atoms with van der Waals surface area (Å²) in [6, 6.07) is 0. The van der Waals surface area contributed by atoms with Gasteiger partial charge in [-0.05, 0) is 13.3 Å². The number of rotatable bonds is 14. The molecular formula is C14H29O3. The Morgan fingerprint density at radius 1 is 0.765 bits per heavy atom. The van der Waals surface area contributed by atoms with Gasteiger partial charge in [-0.2, -0.15) is 0 Å². The smallest absolute Gasteiger partial charge is 0.109 e. The van der Waals surface area contributed by atoms with E-state index in [-0.39, 0.29) is 0 Å². The van der Waals surface area contributed by atoms with Gasteiger partial charge in [0.25, 0.3) is 0 Å². The Morgan fingerprint density at radius 3 is 2.24 bits per heavy atom. The number of ether oxygens (including phenoxy) is 3. The van der Waals surface area contributed by atoms with E-state index in [1.165, 1.54) is 32.1 Å². The van der Waals surface area contributed by atoms with Gasteiger partial charge in [-0.3, -0.25) is 0 Å². The van der Waals surface area contributed by atoms with Crippen molar-refractivity contribution in [3.05, 3.63) is 6.61 Å². The van der Waals surface area contributed by atoms with Crippen LogP contribution in [0.4, 0.5) is 0 Å². The summed E-state index contributed by atoms with van der Waals surface area (Å²) in [5.41, 5.74) is 0. The third-order valence-corrected chi connectivity index (χ3v) is 2.50. The maximum absolute atomic E-state index is 5.36. The van der Waals surface area contributed by atoms with Crippen LogP contribution in [0.15, 0.2) is 0 Å². The first-order chi connectivity index (χ1) is 8.41. The molecule has 0 amide bonds. The second kappa shape index (κ2) is 15.9. The normalized spacial score (nSPS) is 10.9. The van der Waals surface area contributed by atoms with Crippen molar-refractivity contribution >= 4 is 0 Å². The van der Waals surface area contributed by atoms with Gasteiger partial charge < -0.3 is 14.2 Å². The molecule has 0 unspecified atom stereocenters. The minimum absolute atomic E-state index is 0.558. The lowest BCUT2D eigenvalue weighted by Crippen LogP contribution is -2.06. The average molecular weight is 245 g/mol. The molecule has 0 aliphatic heterocycles. The second-order valence-electron chi connectivity index (χ2n) is 4.08. The molecule has 0 rings (SSSR count). The van der Waals surface area contributed by atoms with Gasteiger partial charge in [0.15, 0.2) is 0 Å². The predicted molar refractivity (Wildman–Crippen MR) is 70.9 cm³/mol. The third kappa shape index (κ3) is 15.9. The van der Waals surface area contributed by atoms with Crippen LogP contribution >= 0.6 is 0 Å². The molecule has 0 aromatic heterocycles. The molecule has 3 nitrogen and oxygen atoms in total. The van der Waals surface area contributed by atoms with E-state index in [1.807, 2.05) is 6.92 Å². The molecule has 0 aliphatic carbocycles. The molecule has 103 valence electrons. The van der Waals surface area contributed by atoms with E-state index in [0.717, 1.165) is 19.6 Å². The highest BCUT2D eigenvalue weighted by atomic mass is 16.5. The van der Waals surface area contributed by atoms with Crippen LogP contribution in [0.25, 0.3) is 0 Å². The Bertz CT molecular complexity index is 115. The molecule has 1 radical (unpaired) electrons.